The molecule has 1 heterocycles. The van der Waals surface area contributed by atoms with E-state index in [0.29, 0.717) is 6.54 Å². The number of nitrogens with one attached hydrogen (secondary N) is 2. The Hall–Kier alpha value is -2.30. The second-order valence-corrected chi connectivity index (χ2v) is 5.41. The minimum Gasteiger partial charge on any atom is -0.326 e. The van der Waals surface area contributed by atoms with Crippen LogP contribution in [-0.4, -0.2) is 15.5 Å². The van der Waals surface area contributed by atoms with Crippen LogP contribution >= 0.6 is 0 Å². The van der Waals surface area contributed by atoms with Crippen molar-refractivity contribution in [1.82, 2.24) is 9.55 Å². The molecule has 0 radical (unpaired) electrons. The summed E-state index contributed by atoms with van der Waals surface area (Å²) in [5, 5.41) is 2.89. The molecule has 0 spiro atoms. The molecule has 0 saturated carbocycles. The number of aromatic nitrogens is 2. The second kappa shape index (κ2) is 5.99. The van der Waals surface area contributed by atoms with Gasteiger partial charge in [0.2, 0.25) is 5.91 Å². The normalized spacial score (nSPS) is 10.7. The minimum absolute atomic E-state index is 0.0906. The van der Waals surface area contributed by atoms with E-state index in [1.54, 1.807) is 4.57 Å². The fraction of sp³-hybridized carbons (Fsp3) is 0.375. The number of anilines is 1. The van der Waals surface area contributed by atoms with Gasteiger partial charge in [-0.3, -0.25) is 9.36 Å². The number of nitrogens with zero attached hydrogens (tertiary/aromatic N) is 1. The molecule has 0 saturated heterocycles. The number of imidazole rings is 1. The highest BCUT2D eigenvalue weighted by Gasteiger charge is 2.09. The minimum atomic E-state index is -0.163. The van der Waals surface area contributed by atoms with Crippen molar-refractivity contribution in [3.63, 3.8) is 0 Å². The Morgan fingerprint density at radius 1 is 1.24 bits per heavy atom. The van der Waals surface area contributed by atoms with Crippen LogP contribution in [0, 0.1) is 27.7 Å². The zero-order chi connectivity index (χ0) is 15.6. The molecule has 5 heteroatoms. The first-order chi connectivity index (χ1) is 9.88. The summed E-state index contributed by atoms with van der Waals surface area (Å²) >= 11 is 0. The molecule has 1 aromatic heterocycles. The summed E-state index contributed by atoms with van der Waals surface area (Å²) in [4.78, 5) is 26.5. The molecule has 0 aliphatic heterocycles. The average molecular weight is 287 g/mol. The Morgan fingerprint density at radius 2 is 1.95 bits per heavy atom. The van der Waals surface area contributed by atoms with Crippen molar-refractivity contribution in [3.05, 3.63) is 51.2 Å². The third-order valence-corrected chi connectivity index (χ3v) is 3.71. The Bertz CT molecular complexity index is 726. The van der Waals surface area contributed by atoms with E-state index < -0.39 is 0 Å². The maximum Gasteiger partial charge on any atom is 0.325 e. The van der Waals surface area contributed by atoms with E-state index in [0.717, 1.165) is 28.2 Å². The number of aromatic amines is 1. The first kappa shape index (κ1) is 15.1. The zero-order valence-electron chi connectivity index (χ0n) is 12.9. The van der Waals surface area contributed by atoms with Crippen molar-refractivity contribution in [2.75, 3.05) is 5.32 Å². The van der Waals surface area contributed by atoms with Crippen LogP contribution in [0.1, 0.15) is 28.9 Å². The molecule has 2 aromatic rings. The van der Waals surface area contributed by atoms with E-state index in [-0.39, 0.29) is 18.0 Å². The topological polar surface area (TPSA) is 66.9 Å². The molecular weight excluding hydrogens is 266 g/mol. The lowest BCUT2D eigenvalue weighted by molar-refractivity contribution is -0.116. The Balaban J connectivity index is 2.01. The van der Waals surface area contributed by atoms with Gasteiger partial charge in [0.05, 0.1) is 0 Å². The average Bonchev–Trinajstić information content (AvgIpc) is 2.65. The van der Waals surface area contributed by atoms with Gasteiger partial charge in [0.25, 0.3) is 0 Å². The van der Waals surface area contributed by atoms with E-state index in [2.05, 4.69) is 10.3 Å². The molecule has 1 aromatic carbocycles. The molecule has 0 atom stereocenters. The summed E-state index contributed by atoms with van der Waals surface area (Å²) < 4.78 is 1.59. The number of benzene rings is 1. The molecule has 112 valence electrons. The van der Waals surface area contributed by atoms with Crippen LogP contribution in [0.4, 0.5) is 5.69 Å². The number of carbonyl (C=O) groups is 1. The number of hydrogen-bond donors (Lipinski definition) is 2. The number of carbonyl (C=O) groups excluding carboxylic acids is 1. The summed E-state index contributed by atoms with van der Waals surface area (Å²) in [5.41, 5.74) is 4.57. The predicted molar refractivity (Wildman–Crippen MR) is 83.7 cm³/mol. The van der Waals surface area contributed by atoms with Gasteiger partial charge in [0.1, 0.15) is 0 Å². The van der Waals surface area contributed by atoms with Crippen molar-refractivity contribution < 1.29 is 4.79 Å². The second-order valence-electron chi connectivity index (χ2n) is 5.41. The quantitative estimate of drug-likeness (QED) is 0.907. The third kappa shape index (κ3) is 3.42. The van der Waals surface area contributed by atoms with Gasteiger partial charge in [-0.2, -0.15) is 0 Å². The van der Waals surface area contributed by atoms with Crippen LogP contribution in [0.3, 0.4) is 0 Å². The van der Waals surface area contributed by atoms with E-state index >= 15 is 0 Å². The van der Waals surface area contributed by atoms with Crippen LogP contribution in [-0.2, 0) is 11.3 Å². The summed E-state index contributed by atoms with van der Waals surface area (Å²) in [6.07, 6.45) is 0.269. The molecular formula is C16H21N3O2. The number of hydrogen-bond acceptors (Lipinski definition) is 2. The first-order valence-electron chi connectivity index (χ1n) is 7.01. The number of rotatable bonds is 4. The maximum atomic E-state index is 12.0. The Labute approximate surface area is 124 Å². The predicted octanol–water partition coefficient (Wildman–Crippen LogP) is 2.44. The zero-order valence-corrected chi connectivity index (χ0v) is 12.9. The highest BCUT2D eigenvalue weighted by molar-refractivity contribution is 5.91. The fourth-order valence-electron chi connectivity index (χ4n) is 2.32. The standard InChI is InChI=1S/C16H21N3O2/c1-10-5-6-14(11(2)9-10)18-15(20)7-8-19-13(4)12(3)17-16(19)21/h5-6,9H,7-8H2,1-4H3,(H,17,21)(H,18,20). The van der Waals surface area contributed by atoms with Crippen LogP contribution in [0.5, 0.6) is 0 Å². The van der Waals surface area contributed by atoms with Gasteiger partial charge in [-0.05, 0) is 39.3 Å². The molecule has 0 unspecified atom stereocenters. The maximum absolute atomic E-state index is 12.0. The van der Waals surface area contributed by atoms with Gasteiger partial charge in [-0.25, -0.2) is 4.79 Å². The number of aryl methyl sites for hydroxylation is 3. The highest BCUT2D eigenvalue weighted by atomic mass is 16.2. The van der Waals surface area contributed by atoms with E-state index in [1.165, 1.54) is 0 Å². The lowest BCUT2D eigenvalue weighted by Crippen LogP contribution is -2.22. The SMILES string of the molecule is Cc1ccc(NC(=O)CCn2c(C)c(C)[nH]c2=O)c(C)c1. The third-order valence-electron chi connectivity index (χ3n) is 3.71. The van der Waals surface area contributed by atoms with Gasteiger partial charge >= 0.3 is 5.69 Å². The van der Waals surface area contributed by atoms with Gasteiger partial charge in [0.15, 0.2) is 0 Å². The molecule has 0 aliphatic rings. The Kier molecular flexibility index (Phi) is 4.31. The lowest BCUT2D eigenvalue weighted by Gasteiger charge is -2.09. The Morgan fingerprint density at radius 3 is 2.52 bits per heavy atom. The van der Waals surface area contributed by atoms with Crippen LogP contribution in [0.25, 0.3) is 0 Å². The van der Waals surface area contributed by atoms with Crippen LogP contribution in [0.2, 0.25) is 0 Å². The lowest BCUT2D eigenvalue weighted by atomic mass is 10.1. The van der Waals surface area contributed by atoms with Crippen molar-refractivity contribution in [1.29, 1.82) is 0 Å². The van der Waals surface area contributed by atoms with E-state index in [4.69, 9.17) is 0 Å². The van der Waals surface area contributed by atoms with Crippen molar-refractivity contribution >= 4 is 11.6 Å². The molecule has 2 rings (SSSR count). The highest BCUT2D eigenvalue weighted by Crippen LogP contribution is 2.16. The van der Waals surface area contributed by atoms with Gasteiger partial charge in [-0.15, -0.1) is 0 Å². The molecule has 5 nitrogen and oxygen atoms in total. The van der Waals surface area contributed by atoms with Crippen molar-refractivity contribution in [3.8, 4) is 0 Å². The summed E-state index contributed by atoms with van der Waals surface area (Å²) in [6, 6.07) is 5.90. The first-order valence-corrected chi connectivity index (χ1v) is 7.01. The molecule has 2 N–H and O–H groups in total. The van der Waals surface area contributed by atoms with E-state index in [9.17, 15) is 9.59 Å². The number of H-pyrrole nitrogens is 1. The smallest absolute Gasteiger partial charge is 0.325 e. The fourth-order valence-corrected chi connectivity index (χ4v) is 2.32. The van der Waals surface area contributed by atoms with Gasteiger partial charge in [0, 0.05) is 30.0 Å². The van der Waals surface area contributed by atoms with Gasteiger partial charge < -0.3 is 10.3 Å². The monoisotopic (exact) mass is 287 g/mol. The van der Waals surface area contributed by atoms with Gasteiger partial charge in [-0.1, -0.05) is 17.7 Å². The van der Waals surface area contributed by atoms with E-state index in [1.807, 2.05) is 45.9 Å². The van der Waals surface area contributed by atoms with Crippen LogP contribution in [0.15, 0.2) is 23.0 Å². The largest absolute Gasteiger partial charge is 0.326 e. The molecule has 0 aliphatic carbocycles. The van der Waals surface area contributed by atoms with Crippen LogP contribution < -0.4 is 11.0 Å². The summed E-state index contributed by atoms with van der Waals surface area (Å²) in [5.74, 6) is -0.0906. The van der Waals surface area contributed by atoms with Crippen molar-refractivity contribution in [2.24, 2.45) is 0 Å². The molecule has 0 fully saturated rings. The summed E-state index contributed by atoms with van der Waals surface area (Å²) in [6.45, 7) is 8.08. The van der Waals surface area contributed by atoms with Crippen molar-refractivity contribution in [2.45, 2.75) is 40.7 Å². The molecule has 21 heavy (non-hydrogen) atoms. The number of amides is 1. The summed E-state index contributed by atoms with van der Waals surface area (Å²) in [7, 11) is 0. The molecule has 1 amide bonds. The molecule has 0 bridgehead atoms.